The van der Waals surface area contributed by atoms with E-state index in [2.05, 4.69) is 53.2 Å². The van der Waals surface area contributed by atoms with Gasteiger partial charge in [0.15, 0.2) is 0 Å². The lowest BCUT2D eigenvalue weighted by atomic mass is 10.1. The number of aromatic hydroxyl groups is 1. The fraction of sp³-hybridized carbons (Fsp3) is 0.310. The second kappa shape index (κ2) is 9.32. The molecule has 0 unspecified atom stereocenters. The van der Waals surface area contributed by atoms with E-state index in [0.29, 0.717) is 5.75 Å². The highest BCUT2D eigenvalue weighted by Gasteiger charge is 2.20. The zero-order chi connectivity index (χ0) is 22.8. The molecular formula is C29H32N2O2. The van der Waals surface area contributed by atoms with E-state index in [-0.39, 0.29) is 0 Å². The second-order valence-corrected chi connectivity index (χ2v) is 9.20. The fourth-order valence-electron chi connectivity index (χ4n) is 4.65. The maximum Gasteiger partial charge on any atom is 0.118 e. The number of aryl methyl sites for hydroxylation is 1. The molecule has 0 bridgehead atoms. The fourth-order valence-corrected chi connectivity index (χ4v) is 4.65. The number of hydrogen-bond donors (Lipinski definition) is 2. The largest absolute Gasteiger partial charge is 0.508 e. The van der Waals surface area contributed by atoms with Crippen LogP contribution in [0, 0.1) is 12.8 Å². The molecule has 0 spiro atoms. The second-order valence-electron chi connectivity index (χ2n) is 9.20. The van der Waals surface area contributed by atoms with Gasteiger partial charge in [0, 0.05) is 17.4 Å². The number of nitrogens with one attached hydrogen (secondary N) is 1. The Morgan fingerprint density at radius 1 is 0.970 bits per heavy atom. The summed E-state index contributed by atoms with van der Waals surface area (Å²) < 4.78 is 7.71. The first-order valence-electron chi connectivity index (χ1n) is 11.9. The van der Waals surface area contributed by atoms with Gasteiger partial charge in [0.25, 0.3) is 0 Å². The topological polar surface area (TPSA) is 46.4 Å². The van der Waals surface area contributed by atoms with Crippen LogP contribution in [0.5, 0.6) is 11.5 Å². The molecule has 4 heteroatoms. The molecule has 170 valence electrons. The quantitative estimate of drug-likeness (QED) is 0.318. The summed E-state index contributed by atoms with van der Waals surface area (Å²) in [5.74, 6) is 2.07. The molecule has 1 aliphatic rings. The number of aromatic nitrogens is 1. The molecule has 1 fully saturated rings. The van der Waals surface area contributed by atoms with E-state index in [4.69, 9.17) is 4.74 Å². The first-order chi connectivity index (χ1) is 16.1. The first-order valence-corrected chi connectivity index (χ1v) is 11.9. The monoisotopic (exact) mass is 440 g/mol. The van der Waals surface area contributed by atoms with Crippen LogP contribution in [0.15, 0.2) is 66.7 Å². The normalized spacial score (nSPS) is 13.5. The molecule has 33 heavy (non-hydrogen) atoms. The average molecular weight is 441 g/mol. The standard InChI is InChI=1S/C29H32N2O2/c1-20-27-17-25(32)11-14-28(27)31(29(20)24-9-12-26(33-2)13-10-24)19-23-7-3-21(4-8-23)15-16-30-18-22-5-6-22/h3-4,7-14,17,22,30,32H,5-6,15-16,18-19H2,1-2H3. The summed E-state index contributed by atoms with van der Waals surface area (Å²) in [6, 6.07) is 22.9. The number of benzene rings is 3. The summed E-state index contributed by atoms with van der Waals surface area (Å²) in [6.07, 6.45) is 3.86. The van der Waals surface area contributed by atoms with Crippen LogP contribution < -0.4 is 10.1 Å². The maximum absolute atomic E-state index is 10.1. The van der Waals surface area contributed by atoms with E-state index in [0.717, 1.165) is 47.6 Å². The van der Waals surface area contributed by atoms with Crippen LogP contribution in [-0.4, -0.2) is 29.9 Å². The van der Waals surface area contributed by atoms with Crippen LogP contribution in [0.4, 0.5) is 0 Å². The number of hydrogen-bond acceptors (Lipinski definition) is 3. The van der Waals surface area contributed by atoms with Gasteiger partial charge in [0.05, 0.1) is 12.8 Å². The summed E-state index contributed by atoms with van der Waals surface area (Å²) in [4.78, 5) is 0. The first kappa shape index (κ1) is 21.6. The molecule has 1 aromatic heterocycles. The Labute approximate surface area is 195 Å². The van der Waals surface area contributed by atoms with Crippen molar-refractivity contribution >= 4 is 10.9 Å². The van der Waals surface area contributed by atoms with Crippen molar-refractivity contribution in [3.8, 4) is 22.8 Å². The van der Waals surface area contributed by atoms with Crippen LogP contribution in [0.1, 0.15) is 29.5 Å². The zero-order valence-electron chi connectivity index (χ0n) is 19.5. The Hall–Kier alpha value is -3.24. The van der Waals surface area contributed by atoms with Crippen LogP contribution in [0.2, 0.25) is 0 Å². The summed E-state index contributed by atoms with van der Waals surface area (Å²) in [5.41, 5.74) is 7.25. The van der Waals surface area contributed by atoms with E-state index in [1.54, 1.807) is 13.2 Å². The van der Waals surface area contributed by atoms with Crippen molar-refractivity contribution in [2.45, 2.75) is 32.7 Å². The molecule has 3 aromatic carbocycles. The third kappa shape index (κ3) is 4.76. The van der Waals surface area contributed by atoms with Gasteiger partial charge in [0.1, 0.15) is 11.5 Å². The average Bonchev–Trinajstić information content (AvgIpc) is 3.63. The summed E-state index contributed by atoms with van der Waals surface area (Å²) in [5, 5.41) is 14.8. The molecule has 0 atom stereocenters. The molecule has 0 aliphatic heterocycles. The van der Waals surface area contributed by atoms with Gasteiger partial charge < -0.3 is 19.7 Å². The summed E-state index contributed by atoms with van der Waals surface area (Å²) in [7, 11) is 1.69. The third-order valence-corrected chi connectivity index (χ3v) is 6.75. The minimum Gasteiger partial charge on any atom is -0.508 e. The van der Waals surface area contributed by atoms with Gasteiger partial charge >= 0.3 is 0 Å². The van der Waals surface area contributed by atoms with E-state index < -0.39 is 0 Å². The number of phenols is 1. The Morgan fingerprint density at radius 2 is 1.70 bits per heavy atom. The van der Waals surface area contributed by atoms with Crippen LogP contribution in [0.3, 0.4) is 0 Å². The number of fused-ring (bicyclic) bond motifs is 1. The number of methoxy groups -OCH3 is 1. The van der Waals surface area contributed by atoms with Gasteiger partial charge in [-0.1, -0.05) is 24.3 Å². The van der Waals surface area contributed by atoms with E-state index in [1.807, 2.05) is 24.3 Å². The minimum atomic E-state index is 0.295. The van der Waals surface area contributed by atoms with Crippen molar-refractivity contribution in [1.82, 2.24) is 9.88 Å². The van der Waals surface area contributed by atoms with Gasteiger partial charge in [-0.05, 0) is 110 Å². The van der Waals surface area contributed by atoms with Crippen molar-refractivity contribution < 1.29 is 9.84 Å². The molecule has 5 rings (SSSR count). The smallest absolute Gasteiger partial charge is 0.118 e. The number of phenolic OH excluding ortho intramolecular Hbond substituents is 1. The van der Waals surface area contributed by atoms with Gasteiger partial charge in [-0.15, -0.1) is 0 Å². The third-order valence-electron chi connectivity index (χ3n) is 6.75. The lowest BCUT2D eigenvalue weighted by molar-refractivity contribution is 0.415. The predicted molar refractivity (Wildman–Crippen MR) is 135 cm³/mol. The number of rotatable bonds is 9. The molecule has 2 N–H and O–H groups in total. The van der Waals surface area contributed by atoms with Crippen molar-refractivity contribution in [2.75, 3.05) is 20.2 Å². The molecule has 1 heterocycles. The summed E-state index contributed by atoms with van der Waals surface area (Å²) >= 11 is 0. The Kier molecular flexibility index (Phi) is 6.10. The van der Waals surface area contributed by atoms with E-state index in [1.165, 1.54) is 41.8 Å². The maximum atomic E-state index is 10.1. The Balaban J connectivity index is 1.42. The number of nitrogens with zero attached hydrogens (tertiary/aromatic N) is 1. The predicted octanol–water partition coefficient (Wildman–Crippen LogP) is 5.92. The molecule has 1 saturated carbocycles. The van der Waals surface area contributed by atoms with Crippen molar-refractivity contribution in [2.24, 2.45) is 5.92 Å². The van der Waals surface area contributed by atoms with Crippen LogP contribution in [0.25, 0.3) is 22.2 Å². The SMILES string of the molecule is COc1ccc(-c2c(C)c3cc(O)ccc3n2Cc2ccc(CCNCC3CC3)cc2)cc1. The van der Waals surface area contributed by atoms with Gasteiger partial charge in [-0.2, -0.15) is 0 Å². The highest BCUT2D eigenvalue weighted by Crippen LogP contribution is 2.36. The van der Waals surface area contributed by atoms with E-state index in [9.17, 15) is 5.11 Å². The van der Waals surface area contributed by atoms with Gasteiger partial charge in [0.2, 0.25) is 0 Å². The molecule has 0 saturated heterocycles. The van der Waals surface area contributed by atoms with Crippen molar-refractivity contribution in [3.63, 3.8) is 0 Å². The molecule has 0 amide bonds. The van der Waals surface area contributed by atoms with Gasteiger partial charge in [-0.3, -0.25) is 0 Å². The Morgan fingerprint density at radius 3 is 2.39 bits per heavy atom. The highest BCUT2D eigenvalue weighted by atomic mass is 16.5. The van der Waals surface area contributed by atoms with Crippen LogP contribution >= 0.6 is 0 Å². The molecule has 4 nitrogen and oxygen atoms in total. The van der Waals surface area contributed by atoms with Gasteiger partial charge in [-0.25, -0.2) is 0 Å². The lowest BCUT2D eigenvalue weighted by Gasteiger charge is -2.13. The molecule has 1 aliphatic carbocycles. The van der Waals surface area contributed by atoms with Crippen molar-refractivity contribution in [3.05, 3.63) is 83.4 Å². The zero-order valence-corrected chi connectivity index (χ0v) is 19.5. The Bertz CT molecular complexity index is 1240. The minimum absolute atomic E-state index is 0.295. The van der Waals surface area contributed by atoms with E-state index >= 15 is 0 Å². The van der Waals surface area contributed by atoms with Crippen LogP contribution in [-0.2, 0) is 13.0 Å². The molecule has 4 aromatic rings. The summed E-state index contributed by atoms with van der Waals surface area (Å²) in [6.45, 7) is 5.12. The molecular weight excluding hydrogens is 408 g/mol. The highest BCUT2D eigenvalue weighted by molar-refractivity contribution is 5.92. The lowest BCUT2D eigenvalue weighted by Crippen LogP contribution is -2.19. The molecule has 0 radical (unpaired) electrons. The number of ether oxygens (including phenoxy) is 1. The van der Waals surface area contributed by atoms with Crippen molar-refractivity contribution in [1.29, 1.82) is 0 Å².